The van der Waals surface area contributed by atoms with Gasteiger partial charge in [0, 0.05) is 6.42 Å². The highest BCUT2D eigenvalue weighted by atomic mass is 35.5. The topological polar surface area (TPSA) is 88.1 Å². The van der Waals surface area contributed by atoms with E-state index < -0.39 is 11.2 Å². The molecule has 0 radical (unpaired) electrons. The highest BCUT2D eigenvalue weighted by Gasteiger charge is 2.40. The minimum atomic E-state index is -0.720. The van der Waals surface area contributed by atoms with Crippen LogP contribution in [0, 0.1) is 5.82 Å². The number of anilines is 1. The summed E-state index contributed by atoms with van der Waals surface area (Å²) in [5, 5.41) is 7.79. The van der Waals surface area contributed by atoms with E-state index in [2.05, 4.69) is 10.2 Å². The van der Waals surface area contributed by atoms with Crippen molar-refractivity contribution >= 4 is 63.3 Å². The largest absolute Gasteiger partial charge is 0.377 e. The number of benzene rings is 2. The van der Waals surface area contributed by atoms with E-state index in [0.29, 0.717) is 22.0 Å². The van der Waals surface area contributed by atoms with Crippen molar-refractivity contribution in [1.29, 1.82) is 0 Å². The number of imide groups is 1. The number of carbonyl (C=O) groups is 2. The molecule has 150 valence electrons. The molecule has 1 saturated heterocycles. The zero-order valence-corrected chi connectivity index (χ0v) is 17.4. The molecule has 2 aromatic carbocycles. The van der Waals surface area contributed by atoms with Crippen LogP contribution in [0.5, 0.6) is 0 Å². The van der Waals surface area contributed by atoms with E-state index in [0.717, 1.165) is 16.7 Å². The van der Waals surface area contributed by atoms with Crippen LogP contribution < -0.4 is 10.6 Å². The molecule has 2 aromatic rings. The maximum absolute atomic E-state index is 13.0. The first-order valence-corrected chi connectivity index (χ1v) is 10.0. The standard InChI is InChI=1S/C19H15Cl2FN4O2S/c1-10(11-2-4-12(22)5-3-11)24-25-19(23)29-16-9-17(27)26(18(16)28)13-6-7-14(20)15(21)8-13/h2-8,16H,9H2,1H3,(H2,23,25)/b24-10-/t16-/m1/s1. The number of hydrogen-bond acceptors (Lipinski definition) is 5. The van der Waals surface area contributed by atoms with Crippen LogP contribution in [0.4, 0.5) is 10.1 Å². The summed E-state index contributed by atoms with van der Waals surface area (Å²) in [7, 11) is 0. The van der Waals surface area contributed by atoms with Gasteiger partial charge >= 0.3 is 0 Å². The second-order valence-electron chi connectivity index (χ2n) is 6.11. The lowest BCUT2D eigenvalue weighted by Crippen LogP contribution is -2.31. The maximum atomic E-state index is 13.0. The summed E-state index contributed by atoms with van der Waals surface area (Å²) in [6, 6.07) is 10.3. The SMILES string of the molecule is C/C(=N/N=C(/N)S[C@@H]1CC(=O)N(c2ccc(Cl)c(Cl)c2)C1=O)c1ccc(F)cc1. The number of hydrogen-bond donors (Lipinski definition) is 1. The molecular weight excluding hydrogens is 438 g/mol. The summed E-state index contributed by atoms with van der Waals surface area (Å²) in [4.78, 5) is 26.1. The third kappa shape index (κ3) is 4.95. The van der Waals surface area contributed by atoms with E-state index >= 15 is 0 Å². The summed E-state index contributed by atoms with van der Waals surface area (Å²) in [5.74, 6) is -1.14. The summed E-state index contributed by atoms with van der Waals surface area (Å²) < 4.78 is 13.0. The summed E-state index contributed by atoms with van der Waals surface area (Å²) in [5.41, 5.74) is 7.42. The van der Waals surface area contributed by atoms with Gasteiger partial charge in [-0.05, 0) is 42.8 Å². The lowest BCUT2D eigenvalue weighted by molar-refractivity contribution is -0.121. The fourth-order valence-corrected chi connectivity index (χ4v) is 3.74. The molecule has 6 nitrogen and oxygen atoms in total. The van der Waals surface area contributed by atoms with E-state index in [-0.39, 0.29) is 28.3 Å². The summed E-state index contributed by atoms with van der Waals surface area (Å²) >= 11 is 12.8. The Hall–Kier alpha value is -2.42. The zero-order valence-electron chi connectivity index (χ0n) is 15.1. The number of nitrogens with zero attached hydrogens (tertiary/aromatic N) is 3. The predicted octanol–water partition coefficient (Wildman–Crippen LogP) is 4.24. The number of halogens is 3. The molecule has 3 rings (SSSR count). The lowest BCUT2D eigenvalue weighted by Gasteiger charge is -2.15. The fraction of sp³-hybridized carbons (Fsp3) is 0.158. The van der Waals surface area contributed by atoms with Gasteiger partial charge in [-0.15, -0.1) is 5.10 Å². The molecule has 0 aromatic heterocycles. The zero-order chi connectivity index (χ0) is 21.1. The van der Waals surface area contributed by atoms with E-state index in [1.54, 1.807) is 25.1 Å². The Morgan fingerprint density at radius 1 is 1.14 bits per heavy atom. The highest BCUT2D eigenvalue weighted by molar-refractivity contribution is 8.14. The van der Waals surface area contributed by atoms with Crippen molar-refractivity contribution in [3.63, 3.8) is 0 Å². The Bertz CT molecular complexity index is 1030. The van der Waals surface area contributed by atoms with Crippen LogP contribution in [-0.4, -0.2) is 27.9 Å². The van der Waals surface area contributed by atoms with Crippen LogP contribution in [0.3, 0.4) is 0 Å². The number of nitrogens with two attached hydrogens (primary N) is 1. The number of amides is 2. The maximum Gasteiger partial charge on any atom is 0.247 e. The average molecular weight is 453 g/mol. The minimum Gasteiger partial charge on any atom is -0.377 e. The fourth-order valence-electron chi connectivity index (χ4n) is 2.63. The van der Waals surface area contributed by atoms with E-state index in [4.69, 9.17) is 28.9 Å². The van der Waals surface area contributed by atoms with E-state index in [1.165, 1.54) is 24.3 Å². The van der Waals surface area contributed by atoms with Gasteiger partial charge in [0.15, 0.2) is 5.17 Å². The molecule has 29 heavy (non-hydrogen) atoms. The molecular formula is C19H15Cl2FN4O2S. The average Bonchev–Trinajstić information content (AvgIpc) is 2.96. The molecule has 0 saturated carbocycles. The van der Waals surface area contributed by atoms with E-state index in [9.17, 15) is 14.0 Å². The van der Waals surface area contributed by atoms with Gasteiger partial charge in [-0.25, -0.2) is 9.29 Å². The van der Waals surface area contributed by atoms with Crippen LogP contribution in [-0.2, 0) is 9.59 Å². The molecule has 1 fully saturated rings. The molecule has 0 bridgehead atoms. The second-order valence-corrected chi connectivity index (χ2v) is 8.14. The van der Waals surface area contributed by atoms with Crippen LogP contribution in [0.2, 0.25) is 10.0 Å². The van der Waals surface area contributed by atoms with Gasteiger partial charge in [0.1, 0.15) is 11.1 Å². The first kappa shape index (κ1) is 21.3. The summed E-state index contributed by atoms with van der Waals surface area (Å²) in [6.07, 6.45) is -0.0272. The molecule has 1 heterocycles. The molecule has 0 spiro atoms. The van der Waals surface area contributed by atoms with Crippen molar-refractivity contribution in [2.75, 3.05) is 4.90 Å². The number of rotatable bonds is 4. The van der Waals surface area contributed by atoms with Gasteiger partial charge < -0.3 is 5.73 Å². The minimum absolute atomic E-state index is 0.0272. The third-order valence-corrected chi connectivity index (χ3v) is 5.81. The molecule has 1 atom stereocenters. The van der Waals surface area contributed by atoms with Gasteiger partial charge in [-0.2, -0.15) is 5.10 Å². The van der Waals surface area contributed by atoms with Gasteiger partial charge in [0.2, 0.25) is 11.8 Å². The number of carbonyl (C=O) groups excluding carboxylic acids is 2. The van der Waals surface area contributed by atoms with Crippen molar-refractivity contribution in [3.8, 4) is 0 Å². The molecule has 1 aliphatic heterocycles. The van der Waals surface area contributed by atoms with Crippen LogP contribution >= 0.6 is 35.0 Å². The van der Waals surface area contributed by atoms with Gasteiger partial charge in [-0.1, -0.05) is 47.1 Å². The first-order chi connectivity index (χ1) is 13.8. The predicted molar refractivity (Wildman–Crippen MR) is 115 cm³/mol. The molecule has 2 amide bonds. The molecule has 1 aliphatic rings. The van der Waals surface area contributed by atoms with Crippen LogP contribution in [0.1, 0.15) is 18.9 Å². The number of amidine groups is 1. The second kappa shape index (κ2) is 8.94. The lowest BCUT2D eigenvalue weighted by atomic mass is 10.1. The smallest absolute Gasteiger partial charge is 0.247 e. The van der Waals surface area contributed by atoms with Crippen molar-refractivity contribution in [2.45, 2.75) is 18.6 Å². The Morgan fingerprint density at radius 2 is 1.83 bits per heavy atom. The van der Waals surface area contributed by atoms with Gasteiger partial charge in [0.25, 0.3) is 0 Å². The van der Waals surface area contributed by atoms with Gasteiger partial charge in [-0.3, -0.25) is 9.59 Å². The molecule has 2 N–H and O–H groups in total. The van der Waals surface area contributed by atoms with Crippen molar-refractivity contribution in [3.05, 3.63) is 63.9 Å². The molecule has 0 unspecified atom stereocenters. The van der Waals surface area contributed by atoms with E-state index in [1.807, 2.05) is 0 Å². The van der Waals surface area contributed by atoms with Crippen LogP contribution in [0.15, 0.2) is 52.7 Å². The monoisotopic (exact) mass is 452 g/mol. The highest BCUT2D eigenvalue weighted by Crippen LogP contribution is 2.33. The first-order valence-electron chi connectivity index (χ1n) is 8.38. The molecule has 10 heteroatoms. The molecule has 0 aliphatic carbocycles. The van der Waals surface area contributed by atoms with Crippen molar-refractivity contribution < 1.29 is 14.0 Å². The number of thioether (sulfide) groups is 1. The Labute approximate surface area is 180 Å². The van der Waals surface area contributed by atoms with Gasteiger partial charge in [0.05, 0.1) is 21.4 Å². The Kier molecular flexibility index (Phi) is 6.56. The Balaban J connectivity index is 1.71. The normalized spacial score (nSPS) is 17.9. The van der Waals surface area contributed by atoms with Crippen molar-refractivity contribution in [1.82, 2.24) is 0 Å². The quantitative estimate of drug-likeness (QED) is 0.325. The summed E-state index contributed by atoms with van der Waals surface area (Å²) in [6.45, 7) is 1.70. The van der Waals surface area contributed by atoms with Crippen LogP contribution in [0.25, 0.3) is 0 Å². The Morgan fingerprint density at radius 3 is 2.48 bits per heavy atom. The van der Waals surface area contributed by atoms with Crippen molar-refractivity contribution in [2.24, 2.45) is 15.9 Å². The third-order valence-electron chi connectivity index (χ3n) is 4.09.